The molecule has 3 aromatic rings. The van der Waals surface area contributed by atoms with Gasteiger partial charge < -0.3 is 19.5 Å². The summed E-state index contributed by atoms with van der Waals surface area (Å²) in [6.07, 6.45) is 1.05. The molecule has 1 aromatic heterocycles. The minimum Gasteiger partial charge on any atom is -0.497 e. The average Bonchev–Trinajstić information content (AvgIpc) is 3.59. The number of ether oxygens (including phenoxy) is 3. The van der Waals surface area contributed by atoms with Gasteiger partial charge in [-0.05, 0) is 55.3 Å². The second-order valence-electron chi connectivity index (χ2n) is 7.54. The highest BCUT2D eigenvalue weighted by Crippen LogP contribution is 2.37. The Hall–Kier alpha value is -3.15. The zero-order valence-electron chi connectivity index (χ0n) is 17.7. The number of anilines is 1. The van der Waals surface area contributed by atoms with Gasteiger partial charge in [-0.3, -0.25) is 4.79 Å². The fraction of sp³-hybridized carbons (Fsp3) is 0.273. The predicted octanol–water partition coefficient (Wildman–Crippen LogP) is 3.34. The molecular formula is C22H21N3O6S2. The van der Waals surface area contributed by atoms with Crippen LogP contribution in [0.3, 0.4) is 0 Å². The largest absolute Gasteiger partial charge is 0.497 e. The molecule has 2 aliphatic heterocycles. The number of fused-ring (bicyclic) bond motifs is 1. The standard InChI is InChI=1S/C22H21N3O6S2/c1-29-15-5-7-16(8-6-15)33(27,28)25-10-2-3-18(25)21(26)24-22-23-17(12-32-22)14-4-9-19-20(11-14)31-13-30-19/h4-9,11-12,18H,2-3,10,13H2,1H3,(H,23,24,26). The van der Waals surface area contributed by atoms with E-state index in [0.717, 1.165) is 5.56 Å². The van der Waals surface area contributed by atoms with Gasteiger partial charge in [0.1, 0.15) is 11.8 Å². The average molecular weight is 488 g/mol. The number of thiazole rings is 1. The van der Waals surface area contributed by atoms with Crippen molar-refractivity contribution in [1.82, 2.24) is 9.29 Å². The first-order valence-corrected chi connectivity index (χ1v) is 12.6. The van der Waals surface area contributed by atoms with Crippen molar-refractivity contribution in [3.05, 3.63) is 47.8 Å². The second-order valence-corrected chi connectivity index (χ2v) is 10.3. The van der Waals surface area contributed by atoms with E-state index in [1.54, 1.807) is 12.1 Å². The quantitative estimate of drug-likeness (QED) is 0.568. The van der Waals surface area contributed by atoms with Crippen LogP contribution in [0.15, 0.2) is 52.7 Å². The number of hydrogen-bond acceptors (Lipinski definition) is 8. The van der Waals surface area contributed by atoms with E-state index in [2.05, 4.69) is 10.3 Å². The summed E-state index contributed by atoms with van der Waals surface area (Å²) in [6.45, 7) is 0.473. The van der Waals surface area contributed by atoms with Crippen molar-refractivity contribution in [3.8, 4) is 28.5 Å². The molecule has 172 valence electrons. The maximum absolute atomic E-state index is 13.2. The number of carbonyl (C=O) groups excluding carboxylic acids is 1. The zero-order chi connectivity index (χ0) is 23.0. The third-order valence-electron chi connectivity index (χ3n) is 5.58. The molecule has 1 fully saturated rings. The predicted molar refractivity (Wildman–Crippen MR) is 122 cm³/mol. The third-order valence-corrected chi connectivity index (χ3v) is 8.26. The van der Waals surface area contributed by atoms with Gasteiger partial charge in [0.2, 0.25) is 22.7 Å². The highest BCUT2D eigenvalue weighted by atomic mass is 32.2. The van der Waals surface area contributed by atoms with Crippen molar-refractivity contribution >= 4 is 32.4 Å². The number of nitrogens with one attached hydrogen (secondary N) is 1. The number of aromatic nitrogens is 1. The fourth-order valence-electron chi connectivity index (χ4n) is 3.88. The number of nitrogens with zero attached hydrogens (tertiary/aromatic N) is 2. The van der Waals surface area contributed by atoms with Crippen molar-refractivity contribution in [2.75, 3.05) is 25.8 Å². The van der Waals surface area contributed by atoms with E-state index in [1.165, 1.54) is 34.9 Å². The highest BCUT2D eigenvalue weighted by Gasteiger charge is 2.39. The summed E-state index contributed by atoms with van der Waals surface area (Å²) in [5.41, 5.74) is 1.52. The minimum absolute atomic E-state index is 0.127. The smallest absolute Gasteiger partial charge is 0.244 e. The molecule has 1 atom stereocenters. The summed E-state index contributed by atoms with van der Waals surface area (Å²) in [4.78, 5) is 17.6. The lowest BCUT2D eigenvalue weighted by atomic mass is 10.1. The molecule has 9 nitrogen and oxygen atoms in total. The number of methoxy groups -OCH3 is 1. The lowest BCUT2D eigenvalue weighted by molar-refractivity contribution is -0.119. The summed E-state index contributed by atoms with van der Waals surface area (Å²) in [6, 6.07) is 10.9. The first-order valence-electron chi connectivity index (χ1n) is 10.3. The zero-order valence-corrected chi connectivity index (χ0v) is 19.3. The Labute approximate surface area is 195 Å². The number of sulfonamides is 1. The Morgan fingerprint density at radius 3 is 2.76 bits per heavy atom. The molecule has 0 saturated carbocycles. The molecule has 2 aliphatic rings. The van der Waals surface area contributed by atoms with Gasteiger partial charge in [-0.2, -0.15) is 4.31 Å². The second kappa shape index (κ2) is 8.65. The van der Waals surface area contributed by atoms with Gasteiger partial charge in [0, 0.05) is 17.5 Å². The van der Waals surface area contributed by atoms with Gasteiger partial charge in [-0.15, -0.1) is 11.3 Å². The van der Waals surface area contributed by atoms with E-state index >= 15 is 0 Å². The SMILES string of the molecule is COc1ccc(S(=O)(=O)N2CCCC2C(=O)Nc2nc(-c3ccc4c(c3)OCO4)cs2)cc1. The first kappa shape index (κ1) is 21.7. The molecule has 5 rings (SSSR count). The molecule has 1 saturated heterocycles. The van der Waals surface area contributed by atoms with E-state index in [9.17, 15) is 13.2 Å². The normalized spacial score (nSPS) is 17.8. The van der Waals surface area contributed by atoms with Crippen LogP contribution in [0.5, 0.6) is 17.2 Å². The molecule has 0 radical (unpaired) electrons. The molecule has 2 aromatic carbocycles. The molecule has 1 unspecified atom stereocenters. The fourth-order valence-corrected chi connectivity index (χ4v) is 6.26. The van der Waals surface area contributed by atoms with Gasteiger partial charge in [0.05, 0.1) is 17.7 Å². The van der Waals surface area contributed by atoms with Gasteiger partial charge in [-0.1, -0.05) is 0 Å². The molecule has 0 spiro atoms. The molecule has 3 heterocycles. The van der Waals surface area contributed by atoms with Gasteiger partial charge in [0.25, 0.3) is 0 Å². The lowest BCUT2D eigenvalue weighted by Gasteiger charge is -2.23. The van der Waals surface area contributed by atoms with E-state index in [-0.39, 0.29) is 18.2 Å². The monoisotopic (exact) mass is 487 g/mol. The van der Waals surface area contributed by atoms with Crippen molar-refractivity contribution in [3.63, 3.8) is 0 Å². The topological polar surface area (TPSA) is 107 Å². The van der Waals surface area contributed by atoms with Crippen LogP contribution in [0.2, 0.25) is 0 Å². The minimum atomic E-state index is -3.82. The lowest BCUT2D eigenvalue weighted by Crippen LogP contribution is -2.43. The van der Waals surface area contributed by atoms with Crippen molar-refractivity contribution in [1.29, 1.82) is 0 Å². The van der Waals surface area contributed by atoms with Crippen LogP contribution in [-0.2, 0) is 14.8 Å². The third kappa shape index (κ3) is 4.14. The Bertz CT molecular complexity index is 1290. The van der Waals surface area contributed by atoms with E-state index in [1.807, 2.05) is 23.6 Å². The van der Waals surface area contributed by atoms with Gasteiger partial charge in [0.15, 0.2) is 16.6 Å². The molecule has 0 aliphatic carbocycles. The molecule has 0 bridgehead atoms. The summed E-state index contributed by atoms with van der Waals surface area (Å²) in [5.74, 6) is 1.50. The molecule has 1 N–H and O–H groups in total. The molecule has 11 heteroatoms. The Kier molecular flexibility index (Phi) is 5.69. The van der Waals surface area contributed by atoms with Crippen LogP contribution >= 0.6 is 11.3 Å². The number of benzene rings is 2. The molecular weight excluding hydrogens is 466 g/mol. The van der Waals surface area contributed by atoms with Gasteiger partial charge >= 0.3 is 0 Å². The maximum atomic E-state index is 13.2. The summed E-state index contributed by atoms with van der Waals surface area (Å²) in [7, 11) is -2.30. The van der Waals surface area contributed by atoms with E-state index < -0.39 is 22.0 Å². The highest BCUT2D eigenvalue weighted by molar-refractivity contribution is 7.89. The van der Waals surface area contributed by atoms with E-state index in [0.29, 0.717) is 40.9 Å². The number of carbonyl (C=O) groups is 1. The van der Waals surface area contributed by atoms with Crippen LogP contribution in [0.25, 0.3) is 11.3 Å². The maximum Gasteiger partial charge on any atom is 0.244 e. The van der Waals surface area contributed by atoms with Crippen LogP contribution < -0.4 is 19.5 Å². The van der Waals surface area contributed by atoms with Crippen LogP contribution in [0.4, 0.5) is 5.13 Å². The Balaban J connectivity index is 1.31. The number of hydrogen-bond donors (Lipinski definition) is 1. The van der Waals surface area contributed by atoms with Gasteiger partial charge in [-0.25, -0.2) is 13.4 Å². The Morgan fingerprint density at radius 1 is 1.18 bits per heavy atom. The summed E-state index contributed by atoms with van der Waals surface area (Å²) < 4.78 is 43.4. The summed E-state index contributed by atoms with van der Waals surface area (Å²) >= 11 is 1.28. The molecule has 33 heavy (non-hydrogen) atoms. The van der Waals surface area contributed by atoms with Crippen LogP contribution in [-0.4, -0.2) is 50.1 Å². The molecule has 1 amide bonds. The van der Waals surface area contributed by atoms with E-state index in [4.69, 9.17) is 14.2 Å². The van der Waals surface area contributed by atoms with Crippen molar-refractivity contribution < 1.29 is 27.4 Å². The van der Waals surface area contributed by atoms with Crippen LogP contribution in [0.1, 0.15) is 12.8 Å². The number of amides is 1. The number of rotatable bonds is 6. The summed E-state index contributed by atoms with van der Waals surface area (Å²) in [5, 5.41) is 5.02. The van der Waals surface area contributed by atoms with Crippen molar-refractivity contribution in [2.45, 2.75) is 23.8 Å². The van der Waals surface area contributed by atoms with Crippen molar-refractivity contribution in [2.24, 2.45) is 0 Å². The first-order chi connectivity index (χ1) is 16.0. The van der Waals surface area contributed by atoms with Crippen LogP contribution in [0, 0.1) is 0 Å². The Morgan fingerprint density at radius 2 is 1.97 bits per heavy atom.